The molecule has 0 aromatic heterocycles. The highest BCUT2D eigenvalue weighted by Gasteiger charge is 2.18. The molecule has 3 nitrogen and oxygen atoms in total. The Hall–Kier alpha value is -1.22. The summed E-state index contributed by atoms with van der Waals surface area (Å²) in [6.07, 6.45) is 1.58. The Labute approximate surface area is 76.6 Å². The molecule has 1 unspecified atom stereocenters. The first-order chi connectivity index (χ1) is 6.29. The molecule has 1 atom stereocenters. The van der Waals surface area contributed by atoms with Gasteiger partial charge in [0.2, 0.25) is 0 Å². The molecular weight excluding hydrogens is 168 g/mol. The summed E-state index contributed by atoms with van der Waals surface area (Å²) in [5, 5.41) is 18.1. The van der Waals surface area contributed by atoms with Crippen molar-refractivity contribution >= 4 is 0 Å². The van der Waals surface area contributed by atoms with Crippen molar-refractivity contribution in [1.82, 2.24) is 0 Å². The maximum Gasteiger partial charge on any atom is 0.123 e. The number of fused-ring (bicyclic) bond motifs is 1. The van der Waals surface area contributed by atoms with E-state index in [1.165, 1.54) is 0 Å². The molecule has 0 fully saturated rings. The fraction of sp³-hybridized carbons (Fsp3) is 0.400. The lowest BCUT2D eigenvalue weighted by Crippen LogP contribution is -2.25. The van der Waals surface area contributed by atoms with Gasteiger partial charge in [-0.05, 0) is 36.6 Å². The molecule has 70 valence electrons. The van der Waals surface area contributed by atoms with Crippen molar-refractivity contribution in [3.63, 3.8) is 0 Å². The van der Waals surface area contributed by atoms with Gasteiger partial charge >= 0.3 is 0 Å². The number of benzene rings is 1. The van der Waals surface area contributed by atoms with Crippen LogP contribution in [0.5, 0.6) is 11.5 Å². The van der Waals surface area contributed by atoms with Crippen molar-refractivity contribution in [2.75, 3.05) is 6.61 Å². The van der Waals surface area contributed by atoms with E-state index in [2.05, 4.69) is 0 Å². The number of phenolic OH excluding ortho intramolecular Hbond substituents is 1. The lowest BCUT2D eigenvalue weighted by Gasteiger charge is -2.24. The summed E-state index contributed by atoms with van der Waals surface area (Å²) >= 11 is 0. The van der Waals surface area contributed by atoms with Gasteiger partial charge in [-0.1, -0.05) is 0 Å². The van der Waals surface area contributed by atoms with Gasteiger partial charge in [0.25, 0.3) is 0 Å². The molecule has 2 rings (SSSR count). The molecule has 1 aromatic carbocycles. The predicted molar refractivity (Wildman–Crippen MR) is 47.9 cm³/mol. The van der Waals surface area contributed by atoms with Crippen molar-refractivity contribution in [3.05, 3.63) is 23.8 Å². The summed E-state index contributed by atoms with van der Waals surface area (Å²) in [6.45, 7) is 0.0559. The second-order valence-corrected chi connectivity index (χ2v) is 3.25. The average Bonchev–Trinajstić information content (AvgIpc) is 2.17. The lowest BCUT2D eigenvalue weighted by molar-refractivity contribution is 0.0977. The third kappa shape index (κ3) is 1.60. The van der Waals surface area contributed by atoms with E-state index < -0.39 is 0 Å². The van der Waals surface area contributed by atoms with Gasteiger partial charge in [0.1, 0.15) is 17.6 Å². The highest BCUT2D eigenvalue weighted by molar-refractivity contribution is 5.40. The van der Waals surface area contributed by atoms with Crippen LogP contribution in [0.4, 0.5) is 0 Å². The molecule has 1 aliphatic heterocycles. The third-order valence-corrected chi connectivity index (χ3v) is 2.28. The molecule has 0 spiro atoms. The minimum absolute atomic E-state index is 0.0559. The molecule has 3 heteroatoms. The number of aliphatic hydroxyl groups excluding tert-OH is 1. The number of aliphatic hydroxyl groups is 1. The SMILES string of the molecule is OCC1CCc2cc(O)ccc2O1. The molecule has 0 amide bonds. The van der Waals surface area contributed by atoms with Crippen molar-refractivity contribution < 1.29 is 14.9 Å². The van der Waals surface area contributed by atoms with Crippen molar-refractivity contribution in [3.8, 4) is 11.5 Å². The van der Waals surface area contributed by atoms with Crippen LogP contribution in [0.25, 0.3) is 0 Å². The maximum absolute atomic E-state index is 9.21. The number of hydrogen-bond acceptors (Lipinski definition) is 3. The summed E-state index contributed by atoms with van der Waals surface area (Å²) < 4.78 is 5.47. The monoisotopic (exact) mass is 180 g/mol. The standard InChI is InChI=1S/C10H12O3/c11-6-9-3-1-7-5-8(12)2-4-10(7)13-9/h2,4-5,9,11-12H,1,3,6H2. The molecule has 0 saturated heterocycles. The molecular formula is C10H12O3. The van der Waals surface area contributed by atoms with E-state index in [0.29, 0.717) is 0 Å². The Morgan fingerprint density at radius 1 is 1.46 bits per heavy atom. The van der Waals surface area contributed by atoms with Gasteiger partial charge in [-0.15, -0.1) is 0 Å². The van der Waals surface area contributed by atoms with Crippen LogP contribution in [0.15, 0.2) is 18.2 Å². The summed E-state index contributed by atoms with van der Waals surface area (Å²) in [4.78, 5) is 0. The number of rotatable bonds is 1. The van der Waals surface area contributed by atoms with Gasteiger partial charge in [0, 0.05) is 0 Å². The van der Waals surface area contributed by atoms with E-state index in [1.807, 2.05) is 0 Å². The van der Waals surface area contributed by atoms with Crippen LogP contribution in [-0.4, -0.2) is 22.9 Å². The van der Waals surface area contributed by atoms with E-state index >= 15 is 0 Å². The number of ether oxygens (including phenoxy) is 1. The number of aryl methyl sites for hydroxylation is 1. The van der Waals surface area contributed by atoms with Gasteiger partial charge in [-0.25, -0.2) is 0 Å². The van der Waals surface area contributed by atoms with E-state index in [4.69, 9.17) is 9.84 Å². The van der Waals surface area contributed by atoms with Crippen LogP contribution in [0.1, 0.15) is 12.0 Å². The van der Waals surface area contributed by atoms with E-state index in [1.54, 1.807) is 18.2 Å². The largest absolute Gasteiger partial charge is 0.508 e. The van der Waals surface area contributed by atoms with E-state index in [0.717, 1.165) is 24.2 Å². The minimum atomic E-state index is -0.0861. The zero-order valence-corrected chi connectivity index (χ0v) is 7.23. The number of phenols is 1. The fourth-order valence-corrected chi connectivity index (χ4v) is 1.56. The first-order valence-corrected chi connectivity index (χ1v) is 4.39. The lowest BCUT2D eigenvalue weighted by atomic mass is 10.0. The second kappa shape index (κ2) is 3.26. The molecule has 0 bridgehead atoms. The predicted octanol–water partition coefficient (Wildman–Crippen LogP) is 1.08. The first kappa shape index (κ1) is 8.38. The number of aromatic hydroxyl groups is 1. The van der Waals surface area contributed by atoms with Crippen molar-refractivity contribution in [2.45, 2.75) is 18.9 Å². The Kier molecular flexibility index (Phi) is 2.10. The molecule has 1 heterocycles. The van der Waals surface area contributed by atoms with Crippen LogP contribution in [0.3, 0.4) is 0 Å². The molecule has 1 aromatic rings. The summed E-state index contributed by atoms with van der Waals surface area (Å²) in [7, 11) is 0. The Morgan fingerprint density at radius 2 is 2.31 bits per heavy atom. The van der Waals surface area contributed by atoms with E-state index in [9.17, 15) is 5.11 Å². The maximum atomic E-state index is 9.21. The normalized spacial score (nSPS) is 20.5. The molecule has 0 saturated carbocycles. The Morgan fingerprint density at radius 3 is 3.08 bits per heavy atom. The second-order valence-electron chi connectivity index (χ2n) is 3.25. The van der Waals surface area contributed by atoms with Gasteiger partial charge < -0.3 is 14.9 Å². The summed E-state index contributed by atoms with van der Waals surface area (Å²) in [5.74, 6) is 1.05. The minimum Gasteiger partial charge on any atom is -0.508 e. The zero-order valence-electron chi connectivity index (χ0n) is 7.23. The van der Waals surface area contributed by atoms with Crippen LogP contribution in [-0.2, 0) is 6.42 Å². The Balaban J connectivity index is 2.26. The average molecular weight is 180 g/mol. The molecule has 1 aliphatic rings. The molecule has 2 N–H and O–H groups in total. The molecule has 0 aliphatic carbocycles. The fourth-order valence-electron chi connectivity index (χ4n) is 1.56. The third-order valence-electron chi connectivity index (χ3n) is 2.28. The van der Waals surface area contributed by atoms with E-state index in [-0.39, 0.29) is 18.5 Å². The number of hydrogen-bond donors (Lipinski definition) is 2. The highest BCUT2D eigenvalue weighted by Crippen LogP contribution is 2.30. The quantitative estimate of drug-likeness (QED) is 0.679. The van der Waals surface area contributed by atoms with Gasteiger partial charge in [-0.3, -0.25) is 0 Å². The van der Waals surface area contributed by atoms with Crippen LogP contribution >= 0.6 is 0 Å². The van der Waals surface area contributed by atoms with Gasteiger partial charge in [0.15, 0.2) is 0 Å². The Bertz CT molecular complexity index is 309. The van der Waals surface area contributed by atoms with Gasteiger partial charge in [-0.2, -0.15) is 0 Å². The zero-order chi connectivity index (χ0) is 9.26. The summed E-state index contributed by atoms with van der Waals surface area (Å²) in [5.41, 5.74) is 1.02. The molecule has 0 radical (unpaired) electrons. The topological polar surface area (TPSA) is 49.7 Å². The first-order valence-electron chi connectivity index (χ1n) is 4.39. The van der Waals surface area contributed by atoms with Crippen LogP contribution in [0.2, 0.25) is 0 Å². The smallest absolute Gasteiger partial charge is 0.123 e. The highest BCUT2D eigenvalue weighted by atomic mass is 16.5. The van der Waals surface area contributed by atoms with Crippen molar-refractivity contribution in [2.24, 2.45) is 0 Å². The summed E-state index contributed by atoms with van der Waals surface area (Å²) in [6, 6.07) is 5.05. The van der Waals surface area contributed by atoms with Crippen LogP contribution < -0.4 is 4.74 Å². The van der Waals surface area contributed by atoms with Crippen LogP contribution in [0, 0.1) is 0 Å². The molecule has 13 heavy (non-hydrogen) atoms. The van der Waals surface area contributed by atoms with Crippen molar-refractivity contribution in [1.29, 1.82) is 0 Å². The van der Waals surface area contributed by atoms with Gasteiger partial charge in [0.05, 0.1) is 6.61 Å².